The number of rotatable bonds is 2. The predicted octanol–water partition coefficient (Wildman–Crippen LogP) is 3.28. The number of carbonyl (C=O) groups excluding carboxylic acids is 1. The van der Waals surface area contributed by atoms with E-state index in [-0.39, 0.29) is 5.91 Å². The van der Waals surface area contributed by atoms with Crippen molar-refractivity contribution < 1.29 is 9.53 Å². The van der Waals surface area contributed by atoms with E-state index in [1.54, 1.807) is 24.3 Å². The van der Waals surface area contributed by atoms with Crippen molar-refractivity contribution in [3.63, 3.8) is 0 Å². The normalized spacial score (nSPS) is 16.6. The van der Waals surface area contributed by atoms with Gasteiger partial charge in [-0.25, -0.2) is 0 Å². The Kier molecular flexibility index (Phi) is 3.13. The maximum Gasteiger partial charge on any atom is 0.265 e. The number of para-hydroxylation sites is 1. The van der Waals surface area contributed by atoms with Crippen molar-refractivity contribution in [2.45, 2.75) is 12.5 Å². The quantitative estimate of drug-likeness (QED) is 0.912. The summed E-state index contributed by atoms with van der Waals surface area (Å²) in [5, 5.41) is 3.40. The number of halogens is 1. The lowest BCUT2D eigenvalue weighted by Gasteiger charge is -2.11. The molecule has 2 aromatic rings. The van der Waals surface area contributed by atoms with Crippen LogP contribution >= 0.6 is 11.6 Å². The van der Waals surface area contributed by atoms with E-state index in [0.29, 0.717) is 17.1 Å². The van der Waals surface area contributed by atoms with Crippen LogP contribution in [0.4, 0.5) is 5.69 Å². The van der Waals surface area contributed by atoms with Crippen molar-refractivity contribution in [2.24, 2.45) is 0 Å². The fourth-order valence-electron chi connectivity index (χ4n) is 2.12. The van der Waals surface area contributed by atoms with Crippen LogP contribution in [0.3, 0.4) is 0 Å². The zero-order valence-electron chi connectivity index (χ0n) is 10.1. The summed E-state index contributed by atoms with van der Waals surface area (Å²) in [5.74, 6) is 0.632. The molecule has 2 aromatic carbocycles. The highest BCUT2D eigenvalue weighted by molar-refractivity contribution is 6.30. The predicted molar refractivity (Wildman–Crippen MR) is 74.6 cm³/mol. The van der Waals surface area contributed by atoms with Crippen LogP contribution in [-0.2, 0) is 11.2 Å². The summed E-state index contributed by atoms with van der Waals surface area (Å²) in [7, 11) is 0. The zero-order valence-corrected chi connectivity index (χ0v) is 10.9. The first-order valence-electron chi connectivity index (χ1n) is 6.03. The molecule has 1 aliphatic heterocycles. The van der Waals surface area contributed by atoms with Gasteiger partial charge in [0, 0.05) is 17.1 Å². The van der Waals surface area contributed by atoms with Crippen LogP contribution in [0.2, 0.25) is 5.02 Å². The number of ether oxygens (including phenoxy) is 1. The molecule has 1 atom stereocenters. The third kappa shape index (κ3) is 2.56. The Hall–Kier alpha value is -2.00. The summed E-state index contributed by atoms with van der Waals surface area (Å²) in [5.41, 5.74) is 1.74. The van der Waals surface area contributed by atoms with Crippen molar-refractivity contribution in [2.75, 3.05) is 5.32 Å². The molecule has 3 rings (SSSR count). The van der Waals surface area contributed by atoms with Crippen LogP contribution in [0.25, 0.3) is 0 Å². The van der Waals surface area contributed by atoms with E-state index in [0.717, 1.165) is 11.3 Å². The highest BCUT2D eigenvalue weighted by atomic mass is 35.5. The molecule has 96 valence electrons. The van der Waals surface area contributed by atoms with Gasteiger partial charge >= 0.3 is 0 Å². The average molecular weight is 274 g/mol. The largest absolute Gasteiger partial charge is 0.480 e. The first kappa shape index (κ1) is 12.1. The second kappa shape index (κ2) is 4.94. The molecule has 0 unspecified atom stereocenters. The van der Waals surface area contributed by atoms with Gasteiger partial charge in [-0.05, 0) is 29.8 Å². The number of hydrogen-bond donors (Lipinski definition) is 1. The van der Waals surface area contributed by atoms with Crippen molar-refractivity contribution in [1.82, 2.24) is 0 Å². The lowest BCUT2D eigenvalue weighted by molar-refractivity contribution is -0.122. The summed E-state index contributed by atoms with van der Waals surface area (Å²) in [6.45, 7) is 0. The Balaban J connectivity index is 1.70. The van der Waals surface area contributed by atoms with Crippen LogP contribution in [0.5, 0.6) is 5.75 Å². The van der Waals surface area contributed by atoms with E-state index in [1.807, 2.05) is 24.3 Å². The Bertz CT molecular complexity index is 602. The van der Waals surface area contributed by atoms with Gasteiger partial charge in [0.1, 0.15) is 5.75 Å². The molecule has 0 saturated carbocycles. The van der Waals surface area contributed by atoms with Crippen LogP contribution in [0.15, 0.2) is 48.5 Å². The molecule has 0 aliphatic carbocycles. The van der Waals surface area contributed by atoms with Gasteiger partial charge in [0.05, 0.1) is 0 Å². The zero-order chi connectivity index (χ0) is 13.2. The summed E-state index contributed by atoms with van der Waals surface area (Å²) in [6.07, 6.45) is 0.124. The Morgan fingerprint density at radius 3 is 2.84 bits per heavy atom. The summed E-state index contributed by atoms with van der Waals surface area (Å²) in [4.78, 5) is 12.1. The first-order valence-corrected chi connectivity index (χ1v) is 6.41. The standard InChI is InChI=1S/C15H12ClNO2/c16-11-5-3-6-12(9-11)17-15(18)14-8-10-4-1-2-7-13(10)19-14/h1-7,9,14H,8H2,(H,17,18)/t14-/m1/s1. The average Bonchev–Trinajstić information content (AvgIpc) is 2.82. The highest BCUT2D eigenvalue weighted by Crippen LogP contribution is 2.28. The van der Waals surface area contributed by atoms with Crippen LogP contribution in [0.1, 0.15) is 5.56 Å². The van der Waals surface area contributed by atoms with Gasteiger partial charge in [0.25, 0.3) is 5.91 Å². The van der Waals surface area contributed by atoms with E-state index in [4.69, 9.17) is 16.3 Å². The topological polar surface area (TPSA) is 38.3 Å². The second-order valence-corrected chi connectivity index (χ2v) is 4.85. The van der Waals surface area contributed by atoms with Crippen molar-refractivity contribution in [1.29, 1.82) is 0 Å². The van der Waals surface area contributed by atoms with Gasteiger partial charge in [0.2, 0.25) is 0 Å². The monoisotopic (exact) mass is 273 g/mol. The van der Waals surface area contributed by atoms with Gasteiger partial charge in [-0.1, -0.05) is 35.9 Å². The van der Waals surface area contributed by atoms with E-state index in [9.17, 15) is 4.79 Å². The fourth-order valence-corrected chi connectivity index (χ4v) is 2.31. The molecule has 0 bridgehead atoms. The SMILES string of the molecule is O=C(Nc1cccc(Cl)c1)[C@H]1Cc2ccccc2O1. The number of carbonyl (C=O) groups is 1. The van der Waals surface area contributed by atoms with E-state index >= 15 is 0 Å². The van der Waals surface area contributed by atoms with Gasteiger partial charge in [-0.3, -0.25) is 4.79 Å². The number of amides is 1. The maximum absolute atomic E-state index is 12.1. The minimum Gasteiger partial charge on any atom is -0.480 e. The Morgan fingerprint density at radius 2 is 2.05 bits per heavy atom. The lowest BCUT2D eigenvalue weighted by atomic mass is 10.1. The minimum atomic E-state index is -0.476. The van der Waals surface area contributed by atoms with Gasteiger partial charge in [-0.2, -0.15) is 0 Å². The maximum atomic E-state index is 12.1. The van der Waals surface area contributed by atoms with Crippen LogP contribution < -0.4 is 10.1 Å². The Labute approximate surface area is 116 Å². The highest BCUT2D eigenvalue weighted by Gasteiger charge is 2.28. The number of benzene rings is 2. The third-order valence-corrected chi connectivity index (χ3v) is 3.27. The molecule has 0 aromatic heterocycles. The van der Waals surface area contributed by atoms with E-state index < -0.39 is 6.10 Å². The van der Waals surface area contributed by atoms with Gasteiger partial charge in [0.15, 0.2) is 6.10 Å². The minimum absolute atomic E-state index is 0.154. The first-order chi connectivity index (χ1) is 9.22. The van der Waals surface area contributed by atoms with Crippen LogP contribution in [0, 0.1) is 0 Å². The molecular formula is C15H12ClNO2. The number of hydrogen-bond acceptors (Lipinski definition) is 2. The van der Waals surface area contributed by atoms with Gasteiger partial charge in [-0.15, -0.1) is 0 Å². The molecule has 0 spiro atoms. The molecule has 1 aliphatic rings. The van der Waals surface area contributed by atoms with Crippen molar-refractivity contribution in [3.05, 3.63) is 59.1 Å². The smallest absolute Gasteiger partial charge is 0.265 e. The van der Waals surface area contributed by atoms with Gasteiger partial charge < -0.3 is 10.1 Å². The lowest BCUT2D eigenvalue weighted by Crippen LogP contribution is -2.31. The van der Waals surface area contributed by atoms with Crippen molar-refractivity contribution >= 4 is 23.2 Å². The molecule has 3 nitrogen and oxygen atoms in total. The molecule has 0 fully saturated rings. The molecule has 19 heavy (non-hydrogen) atoms. The van der Waals surface area contributed by atoms with Crippen molar-refractivity contribution in [3.8, 4) is 5.75 Å². The molecule has 0 saturated heterocycles. The molecule has 0 radical (unpaired) electrons. The molecule has 4 heteroatoms. The summed E-state index contributed by atoms with van der Waals surface area (Å²) in [6, 6.07) is 14.8. The number of fused-ring (bicyclic) bond motifs is 1. The number of anilines is 1. The molecular weight excluding hydrogens is 262 g/mol. The molecule has 1 heterocycles. The van der Waals surface area contributed by atoms with E-state index in [2.05, 4.69) is 5.32 Å². The number of nitrogens with one attached hydrogen (secondary N) is 1. The second-order valence-electron chi connectivity index (χ2n) is 4.42. The molecule has 1 amide bonds. The molecule has 1 N–H and O–H groups in total. The summed E-state index contributed by atoms with van der Waals surface area (Å²) >= 11 is 5.88. The van der Waals surface area contributed by atoms with E-state index in [1.165, 1.54) is 0 Å². The fraction of sp³-hybridized carbons (Fsp3) is 0.133. The summed E-state index contributed by atoms with van der Waals surface area (Å²) < 4.78 is 5.63. The third-order valence-electron chi connectivity index (χ3n) is 3.03. The van der Waals surface area contributed by atoms with Crippen LogP contribution in [-0.4, -0.2) is 12.0 Å². The Morgan fingerprint density at radius 1 is 1.21 bits per heavy atom.